The van der Waals surface area contributed by atoms with Crippen molar-refractivity contribution in [1.29, 1.82) is 0 Å². The summed E-state index contributed by atoms with van der Waals surface area (Å²) in [5.74, 6) is -0.233. The summed E-state index contributed by atoms with van der Waals surface area (Å²) in [4.78, 5) is 25.1. The second kappa shape index (κ2) is 11.8. The number of hydrogen-bond acceptors (Lipinski definition) is 4. The Morgan fingerprint density at radius 3 is 2.30 bits per heavy atom. The van der Waals surface area contributed by atoms with Crippen LogP contribution in [0.15, 0.2) is 84.0 Å². The van der Waals surface area contributed by atoms with E-state index in [0.717, 1.165) is 16.9 Å². The van der Waals surface area contributed by atoms with Crippen molar-refractivity contribution in [2.75, 3.05) is 0 Å². The van der Waals surface area contributed by atoms with Crippen molar-refractivity contribution in [3.63, 3.8) is 0 Å². The predicted molar refractivity (Wildman–Crippen MR) is 130 cm³/mol. The third kappa shape index (κ3) is 7.19. The molecule has 0 aliphatic rings. The third-order valence-electron chi connectivity index (χ3n) is 4.87. The van der Waals surface area contributed by atoms with Crippen LogP contribution in [0.3, 0.4) is 0 Å². The fourth-order valence-electron chi connectivity index (χ4n) is 3.03. The summed E-state index contributed by atoms with van der Waals surface area (Å²) in [6.07, 6.45) is 1.53. The number of benzene rings is 3. The summed E-state index contributed by atoms with van der Waals surface area (Å²) in [5.41, 5.74) is 4.70. The van der Waals surface area contributed by atoms with Crippen LogP contribution in [-0.4, -0.2) is 24.1 Å². The Balaban J connectivity index is 1.53. The van der Waals surface area contributed by atoms with Gasteiger partial charge >= 0.3 is 0 Å². The zero-order chi connectivity index (χ0) is 23.6. The van der Waals surface area contributed by atoms with Gasteiger partial charge in [0.15, 0.2) is 0 Å². The average Bonchev–Trinajstić information content (AvgIpc) is 2.82. The average molecular weight is 464 g/mol. The van der Waals surface area contributed by atoms with Crippen LogP contribution in [0.4, 0.5) is 0 Å². The number of nitrogens with zero attached hydrogens (tertiary/aromatic N) is 1. The lowest BCUT2D eigenvalue weighted by Gasteiger charge is -2.20. The minimum Gasteiger partial charge on any atom is -0.489 e. The normalized spacial score (nSPS) is 11.9. The van der Waals surface area contributed by atoms with Gasteiger partial charge in [0.2, 0.25) is 0 Å². The van der Waals surface area contributed by atoms with E-state index in [1.807, 2.05) is 68.4 Å². The van der Waals surface area contributed by atoms with E-state index in [9.17, 15) is 9.59 Å². The maximum Gasteiger partial charge on any atom is 0.262 e. The fourth-order valence-corrected chi connectivity index (χ4v) is 3.25. The lowest BCUT2D eigenvalue weighted by atomic mass is 10.0. The first-order chi connectivity index (χ1) is 15.9. The molecular weight excluding hydrogens is 438 g/mol. The first kappa shape index (κ1) is 24.0. The molecule has 6 nitrogen and oxygen atoms in total. The van der Waals surface area contributed by atoms with Crippen LogP contribution in [0, 0.1) is 5.92 Å². The highest BCUT2D eigenvalue weighted by Crippen LogP contribution is 2.16. The van der Waals surface area contributed by atoms with Crippen LogP contribution in [0.1, 0.15) is 35.3 Å². The number of hydrazone groups is 1. The van der Waals surface area contributed by atoms with E-state index in [2.05, 4.69) is 15.8 Å². The van der Waals surface area contributed by atoms with Crippen LogP contribution in [0.2, 0.25) is 5.02 Å². The Kier molecular flexibility index (Phi) is 8.61. The molecule has 0 aliphatic heterocycles. The van der Waals surface area contributed by atoms with Gasteiger partial charge in [-0.25, -0.2) is 5.43 Å². The summed E-state index contributed by atoms with van der Waals surface area (Å²) in [5, 5.41) is 7.08. The first-order valence-electron chi connectivity index (χ1n) is 10.6. The summed E-state index contributed by atoms with van der Waals surface area (Å²) in [7, 11) is 0. The first-order valence-corrected chi connectivity index (χ1v) is 11.0. The van der Waals surface area contributed by atoms with Crippen molar-refractivity contribution in [1.82, 2.24) is 10.7 Å². The van der Waals surface area contributed by atoms with Gasteiger partial charge in [-0.1, -0.05) is 67.9 Å². The molecule has 0 saturated carbocycles. The van der Waals surface area contributed by atoms with Gasteiger partial charge in [0.1, 0.15) is 18.4 Å². The zero-order valence-electron chi connectivity index (χ0n) is 18.5. The van der Waals surface area contributed by atoms with Crippen LogP contribution in [0.25, 0.3) is 0 Å². The molecule has 0 heterocycles. The molecule has 0 spiro atoms. The van der Waals surface area contributed by atoms with E-state index >= 15 is 0 Å². The molecule has 170 valence electrons. The van der Waals surface area contributed by atoms with Crippen molar-refractivity contribution >= 4 is 29.6 Å². The van der Waals surface area contributed by atoms with E-state index in [1.165, 1.54) is 6.21 Å². The molecule has 1 atom stereocenters. The maximum absolute atomic E-state index is 12.6. The summed E-state index contributed by atoms with van der Waals surface area (Å²) in [6.45, 7) is 4.17. The van der Waals surface area contributed by atoms with Crippen molar-refractivity contribution in [2.24, 2.45) is 11.0 Å². The SMILES string of the molecule is CC(C)C(NC(=O)c1ccccc1Cl)C(=O)NN=Cc1ccc(OCc2ccccc2)cc1. The molecule has 0 saturated heterocycles. The summed E-state index contributed by atoms with van der Waals surface area (Å²) in [6, 6.07) is 23.2. The minimum absolute atomic E-state index is 0.146. The van der Waals surface area contributed by atoms with Gasteiger partial charge in [0, 0.05) is 0 Å². The van der Waals surface area contributed by atoms with E-state index < -0.39 is 17.9 Å². The number of rotatable bonds is 9. The Morgan fingerprint density at radius 2 is 1.64 bits per heavy atom. The second-order valence-corrected chi connectivity index (χ2v) is 8.16. The topological polar surface area (TPSA) is 79.8 Å². The fraction of sp³-hybridized carbons (Fsp3) is 0.192. The number of nitrogens with one attached hydrogen (secondary N) is 2. The molecule has 3 aromatic carbocycles. The molecule has 0 aromatic heterocycles. The van der Waals surface area contributed by atoms with E-state index in [4.69, 9.17) is 16.3 Å². The van der Waals surface area contributed by atoms with Crippen LogP contribution >= 0.6 is 11.6 Å². The molecule has 7 heteroatoms. The Labute approximate surface area is 198 Å². The zero-order valence-corrected chi connectivity index (χ0v) is 19.3. The van der Waals surface area contributed by atoms with E-state index in [-0.39, 0.29) is 5.92 Å². The number of halogens is 1. The molecule has 0 radical (unpaired) electrons. The number of carbonyl (C=O) groups is 2. The van der Waals surface area contributed by atoms with Crippen molar-refractivity contribution in [3.05, 3.63) is 101 Å². The van der Waals surface area contributed by atoms with Crippen LogP contribution in [-0.2, 0) is 11.4 Å². The second-order valence-electron chi connectivity index (χ2n) is 7.75. The van der Waals surface area contributed by atoms with Gasteiger partial charge in [-0.3, -0.25) is 9.59 Å². The van der Waals surface area contributed by atoms with Gasteiger partial charge in [0.05, 0.1) is 16.8 Å². The molecule has 3 aromatic rings. The minimum atomic E-state index is -0.764. The standard InChI is InChI=1S/C26H26ClN3O3/c1-18(2)24(29-25(31)22-10-6-7-11-23(22)27)26(32)30-28-16-19-12-14-21(15-13-19)33-17-20-8-4-3-5-9-20/h3-16,18,24H,17H2,1-2H3,(H,29,31)(H,30,32). The van der Waals surface area contributed by atoms with Crippen molar-refractivity contribution in [3.8, 4) is 5.75 Å². The number of amides is 2. The van der Waals surface area contributed by atoms with Gasteiger partial charge < -0.3 is 10.1 Å². The van der Waals surface area contributed by atoms with E-state index in [1.54, 1.807) is 24.3 Å². The highest BCUT2D eigenvalue weighted by Gasteiger charge is 2.25. The molecule has 0 aliphatic carbocycles. The highest BCUT2D eigenvalue weighted by molar-refractivity contribution is 6.33. The number of carbonyl (C=O) groups excluding carboxylic acids is 2. The molecule has 0 fully saturated rings. The van der Waals surface area contributed by atoms with Crippen molar-refractivity contribution < 1.29 is 14.3 Å². The van der Waals surface area contributed by atoms with Crippen molar-refractivity contribution in [2.45, 2.75) is 26.5 Å². The maximum atomic E-state index is 12.6. The Morgan fingerprint density at radius 1 is 0.970 bits per heavy atom. The van der Waals surface area contributed by atoms with Gasteiger partial charge in [-0.2, -0.15) is 5.10 Å². The molecular formula is C26H26ClN3O3. The van der Waals surface area contributed by atoms with Gasteiger partial charge in [-0.05, 0) is 53.4 Å². The molecule has 2 N–H and O–H groups in total. The third-order valence-corrected chi connectivity index (χ3v) is 5.20. The quantitative estimate of drug-likeness (QED) is 0.352. The predicted octanol–water partition coefficient (Wildman–Crippen LogP) is 4.82. The lowest BCUT2D eigenvalue weighted by Crippen LogP contribution is -2.48. The molecule has 3 rings (SSSR count). The molecule has 33 heavy (non-hydrogen) atoms. The van der Waals surface area contributed by atoms with Crippen LogP contribution in [0.5, 0.6) is 5.75 Å². The lowest BCUT2D eigenvalue weighted by molar-refractivity contribution is -0.123. The summed E-state index contributed by atoms with van der Waals surface area (Å²) < 4.78 is 5.77. The highest BCUT2D eigenvalue weighted by atomic mass is 35.5. The monoisotopic (exact) mass is 463 g/mol. The largest absolute Gasteiger partial charge is 0.489 e. The number of hydrogen-bond donors (Lipinski definition) is 2. The van der Waals surface area contributed by atoms with Crippen LogP contribution < -0.4 is 15.5 Å². The number of ether oxygens (including phenoxy) is 1. The van der Waals surface area contributed by atoms with Gasteiger partial charge in [0.25, 0.3) is 11.8 Å². The van der Waals surface area contributed by atoms with E-state index in [0.29, 0.717) is 17.2 Å². The molecule has 2 amide bonds. The molecule has 0 bridgehead atoms. The Bertz CT molecular complexity index is 1100. The van der Waals surface area contributed by atoms with Gasteiger partial charge in [-0.15, -0.1) is 0 Å². The smallest absolute Gasteiger partial charge is 0.262 e. The summed E-state index contributed by atoms with van der Waals surface area (Å²) >= 11 is 6.08. The molecule has 1 unspecified atom stereocenters. The Hall–Kier alpha value is -3.64.